The zero-order valence-electron chi connectivity index (χ0n) is 60.9. The van der Waals surface area contributed by atoms with Gasteiger partial charge in [0.1, 0.15) is 19.3 Å². The molecule has 552 valence electrons. The number of aliphatic hydroxyl groups excluding tert-OH is 1. The first-order chi connectivity index (χ1) is 44.6. The van der Waals surface area contributed by atoms with Crippen molar-refractivity contribution in [2.75, 3.05) is 39.6 Å². The summed E-state index contributed by atoms with van der Waals surface area (Å²) in [6.45, 7) is 14.2. The van der Waals surface area contributed by atoms with Gasteiger partial charge in [0.05, 0.1) is 26.4 Å². The van der Waals surface area contributed by atoms with E-state index >= 15 is 0 Å². The van der Waals surface area contributed by atoms with E-state index < -0.39 is 97.5 Å². The Hall–Kier alpha value is -1.94. The molecular formula is C74H144O17P2. The molecule has 0 spiro atoms. The lowest BCUT2D eigenvalue weighted by atomic mass is 9.99. The molecule has 17 nitrogen and oxygen atoms in total. The number of esters is 4. The molecule has 0 bridgehead atoms. The van der Waals surface area contributed by atoms with Crippen LogP contribution >= 0.6 is 15.6 Å². The van der Waals surface area contributed by atoms with E-state index in [2.05, 4.69) is 55.4 Å². The van der Waals surface area contributed by atoms with E-state index in [0.29, 0.717) is 31.6 Å². The molecular weight excluding hydrogens is 1220 g/mol. The van der Waals surface area contributed by atoms with Crippen molar-refractivity contribution in [1.82, 2.24) is 0 Å². The predicted octanol–water partition coefficient (Wildman–Crippen LogP) is 21.3. The summed E-state index contributed by atoms with van der Waals surface area (Å²) < 4.78 is 68.4. The number of ether oxygens (including phenoxy) is 4. The molecule has 4 unspecified atom stereocenters. The summed E-state index contributed by atoms with van der Waals surface area (Å²) in [7, 11) is -9.91. The predicted molar refractivity (Wildman–Crippen MR) is 377 cm³/mol. The van der Waals surface area contributed by atoms with Gasteiger partial charge in [0.2, 0.25) is 0 Å². The van der Waals surface area contributed by atoms with Crippen molar-refractivity contribution in [2.45, 2.75) is 388 Å². The summed E-state index contributed by atoms with van der Waals surface area (Å²) in [5.41, 5.74) is 0. The number of hydrogen-bond donors (Lipinski definition) is 3. The van der Waals surface area contributed by atoms with Crippen molar-refractivity contribution in [3.63, 3.8) is 0 Å². The van der Waals surface area contributed by atoms with E-state index in [1.54, 1.807) is 0 Å². The van der Waals surface area contributed by atoms with E-state index in [1.807, 2.05) is 0 Å². The van der Waals surface area contributed by atoms with Gasteiger partial charge in [-0.25, -0.2) is 9.13 Å². The van der Waals surface area contributed by atoms with Crippen molar-refractivity contribution in [1.29, 1.82) is 0 Å². The Bertz CT molecular complexity index is 1840. The number of carbonyl (C=O) groups excluding carboxylic acids is 4. The van der Waals surface area contributed by atoms with Crippen LogP contribution in [0.1, 0.15) is 370 Å². The van der Waals surface area contributed by atoms with Gasteiger partial charge in [-0.2, -0.15) is 0 Å². The molecule has 0 aliphatic rings. The Balaban J connectivity index is 5.26. The SMILES string of the molecule is CCC(C)CCCCCCCCCCC(=O)O[C@H](COC(=O)CCCCCCCCCC(C)C)COP(=O)(O)OCC(O)COP(=O)(O)OC[C@@H](COC(=O)CCCCCCCCCCCCCC(C)C)OC(=O)CCCCCCCCCCCCCCCCC(C)C. The molecule has 0 aliphatic carbocycles. The van der Waals surface area contributed by atoms with Gasteiger partial charge in [-0.15, -0.1) is 0 Å². The van der Waals surface area contributed by atoms with E-state index in [1.165, 1.54) is 167 Å². The maximum absolute atomic E-state index is 13.1. The minimum absolute atomic E-state index is 0.104. The minimum Gasteiger partial charge on any atom is -0.462 e. The lowest BCUT2D eigenvalue weighted by molar-refractivity contribution is -0.161. The molecule has 0 aliphatic heterocycles. The quantitative estimate of drug-likeness (QED) is 0.0222. The summed E-state index contributed by atoms with van der Waals surface area (Å²) >= 11 is 0. The highest BCUT2D eigenvalue weighted by Crippen LogP contribution is 2.45. The van der Waals surface area contributed by atoms with Crippen LogP contribution in [0.25, 0.3) is 0 Å². The Morgan fingerprint density at radius 1 is 0.301 bits per heavy atom. The van der Waals surface area contributed by atoms with Crippen LogP contribution in [-0.2, 0) is 65.4 Å². The summed E-state index contributed by atoms with van der Waals surface area (Å²) in [6.07, 6.45) is 47.2. The number of phosphoric acid groups is 2. The fourth-order valence-corrected chi connectivity index (χ4v) is 12.7. The minimum atomic E-state index is -4.96. The molecule has 0 aromatic rings. The molecule has 0 saturated heterocycles. The van der Waals surface area contributed by atoms with Crippen LogP contribution in [0.3, 0.4) is 0 Å². The molecule has 0 rings (SSSR count). The smallest absolute Gasteiger partial charge is 0.462 e. The maximum atomic E-state index is 13.1. The maximum Gasteiger partial charge on any atom is 0.472 e. The molecule has 19 heteroatoms. The third-order valence-corrected chi connectivity index (χ3v) is 19.3. The summed E-state index contributed by atoms with van der Waals surface area (Å²) in [4.78, 5) is 72.7. The van der Waals surface area contributed by atoms with Gasteiger partial charge in [-0.1, -0.05) is 319 Å². The molecule has 0 saturated carbocycles. The molecule has 0 fully saturated rings. The molecule has 0 amide bonds. The Morgan fingerprint density at radius 3 is 0.763 bits per heavy atom. The fourth-order valence-electron chi connectivity index (χ4n) is 11.2. The second-order valence-electron chi connectivity index (χ2n) is 28.4. The zero-order valence-corrected chi connectivity index (χ0v) is 62.7. The summed E-state index contributed by atoms with van der Waals surface area (Å²) in [6, 6.07) is 0. The summed E-state index contributed by atoms with van der Waals surface area (Å²) in [5.74, 6) is 0.916. The van der Waals surface area contributed by atoms with Gasteiger partial charge in [0.15, 0.2) is 12.2 Å². The molecule has 6 atom stereocenters. The first-order valence-corrected chi connectivity index (χ1v) is 41.2. The van der Waals surface area contributed by atoms with Crippen LogP contribution in [0.2, 0.25) is 0 Å². The number of hydrogen-bond acceptors (Lipinski definition) is 15. The number of unbranched alkanes of at least 4 members (excludes halogenated alkanes) is 36. The lowest BCUT2D eigenvalue weighted by Crippen LogP contribution is -2.30. The van der Waals surface area contributed by atoms with Gasteiger partial charge >= 0.3 is 39.5 Å². The van der Waals surface area contributed by atoms with Crippen molar-refractivity contribution >= 4 is 39.5 Å². The van der Waals surface area contributed by atoms with Crippen molar-refractivity contribution in [2.24, 2.45) is 23.7 Å². The topological polar surface area (TPSA) is 237 Å². The molecule has 0 heterocycles. The largest absolute Gasteiger partial charge is 0.472 e. The average molecular weight is 1370 g/mol. The molecule has 3 N–H and O–H groups in total. The van der Waals surface area contributed by atoms with Crippen molar-refractivity contribution in [3.05, 3.63) is 0 Å². The monoisotopic (exact) mass is 1370 g/mol. The van der Waals surface area contributed by atoms with Gasteiger partial charge in [-0.05, 0) is 49.4 Å². The third-order valence-electron chi connectivity index (χ3n) is 17.4. The first kappa shape index (κ1) is 91.1. The lowest BCUT2D eigenvalue weighted by Gasteiger charge is -2.21. The average Bonchev–Trinajstić information content (AvgIpc) is 1.91. The molecule has 0 aromatic heterocycles. The molecule has 0 radical (unpaired) electrons. The van der Waals surface area contributed by atoms with E-state index in [9.17, 15) is 43.2 Å². The van der Waals surface area contributed by atoms with Gasteiger partial charge < -0.3 is 33.8 Å². The van der Waals surface area contributed by atoms with Gasteiger partial charge in [0.25, 0.3) is 0 Å². The molecule has 0 aromatic carbocycles. The highest BCUT2D eigenvalue weighted by molar-refractivity contribution is 7.47. The van der Waals surface area contributed by atoms with Gasteiger partial charge in [-0.3, -0.25) is 37.3 Å². The Kier molecular flexibility index (Phi) is 62.2. The summed E-state index contributed by atoms with van der Waals surface area (Å²) in [5, 5.41) is 10.6. The van der Waals surface area contributed by atoms with Crippen LogP contribution in [0.5, 0.6) is 0 Å². The normalized spacial score (nSPS) is 14.5. The van der Waals surface area contributed by atoms with Crippen LogP contribution in [0.4, 0.5) is 0 Å². The van der Waals surface area contributed by atoms with E-state index in [4.69, 9.17) is 37.0 Å². The first-order valence-electron chi connectivity index (χ1n) is 38.2. The molecule has 93 heavy (non-hydrogen) atoms. The van der Waals surface area contributed by atoms with Crippen LogP contribution < -0.4 is 0 Å². The van der Waals surface area contributed by atoms with Crippen molar-refractivity contribution in [3.8, 4) is 0 Å². The van der Waals surface area contributed by atoms with Gasteiger partial charge in [0, 0.05) is 25.7 Å². The second-order valence-corrected chi connectivity index (χ2v) is 31.3. The van der Waals surface area contributed by atoms with Crippen molar-refractivity contribution < 1.29 is 80.2 Å². The number of carbonyl (C=O) groups is 4. The number of phosphoric ester groups is 2. The highest BCUT2D eigenvalue weighted by Gasteiger charge is 2.30. The fraction of sp³-hybridized carbons (Fsp3) is 0.946. The zero-order chi connectivity index (χ0) is 68.9. The number of aliphatic hydroxyl groups is 1. The number of rotatable bonds is 71. The van der Waals surface area contributed by atoms with E-state index in [0.717, 1.165) is 114 Å². The van der Waals surface area contributed by atoms with Crippen LogP contribution in [-0.4, -0.2) is 96.7 Å². The third kappa shape index (κ3) is 67.0. The van der Waals surface area contributed by atoms with E-state index in [-0.39, 0.29) is 25.7 Å². The van der Waals surface area contributed by atoms with Crippen LogP contribution in [0.15, 0.2) is 0 Å². The Labute approximate surface area is 568 Å². The second kappa shape index (κ2) is 63.5. The standard InChI is InChI=1S/C74H144O17P2/c1-9-67(8)53-45-37-29-23-24-32-41-49-57-74(79)91-70(61-85-72(77)55-47-39-33-25-28-36-44-52-66(6)7)63-89-93(82,83)87-59-68(75)58-86-92(80,81)88-62-69(60-84-71(76)54-46-38-30-21-18-14-16-20-27-35-43-51-65(4)5)90-73(78)56-48-40-31-22-17-13-11-10-12-15-19-26-34-42-50-64(2)3/h64-70,75H,9-63H2,1-8H3,(H,80,81)(H,82,83)/t67?,68?,69-,70-/m1/s1. The Morgan fingerprint density at radius 2 is 0.516 bits per heavy atom. The van der Waals surface area contributed by atoms with Crippen LogP contribution in [0, 0.1) is 23.7 Å². The highest BCUT2D eigenvalue weighted by atomic mass is 31.2.